The van der Waals surface area contributed by atoms with Crippen LogP contribution in [0.2, 0.25) is 0 Å². The number of hydrogen-bond donors (Lipinski definition) is 0. The minimum absolute atomic E-state index is 0.0961. The molecule has 1 saturated heterocycles. The highest BCUT2D eigenvalue weighted by Gasteiger charge is 2.62. The van der Waals surface area contributed by atoms with Crippen LogP contribution in [0, 0.1) is 17.8 Å². The molecule has 5 nitrogen and oxygen atoms in total. The molecule has 5 heteroatoms. The van der Waals surface area contributed by atoms with E-state index in [-0.39, 0.29) is 23.5 Å². The van der Waals surface area contributed by atoms with Gasteiger partial charge in [-0.15, -0.1) is 0 Å². The third-order valence-electron chi connectivity index (χ3n) is 5.24. The highest BCUT2D eigenvalue weighted by molar-refractivity contribution is 5.84. The molecule has 2 aliphatic carbocycles. The summed E-state index contributed by atoms with van der Waals surface area (Å²) < 4.78 is 5.39. The zero-order valence-electron chi connectivity index (χ0n) is 13.7. The normalized spacial score (nSPS) is 32.4. The van der Waals surface area contributed by atoms with Crippen LogP contribution in [0.4, 0.5) is 4.79 Å². The zero-order chi connectivity index (χ0) is 15.6. The third-order valence-corrected chi connectivity index (χ3v) is 5.24. The summed E-state index contributed by atoms with van der Waals surface area (Å²) in [6.07, 6.45) is 1.98. The molecule has 0 spiro atoms. The summed E-state index contributed by atoms with van der Waals surface area (Å²) in [5.41, 5.74) is -0.362. The number of likely N-dealkylation sites (tertiary alicyclic amines) is 1. The van der Waals surface area contributed by atoms with Gasteiger partial charge in [-0.3, -0.25) is 4.79 Å². The molecule has 21 heavy (non-hydrogen) atoms. The molecule has 118 valence electrons. The lowest BCUT2D eigenvalue weighted by molar-refractivity contribution is -0.134. The fraction of sp³-hybridized carbons (Fsp3) is 0.875. The van der Waals surface area contributed by atoms with Gasteiger partial charge in [0.1, 0.15) is 5.60 Å². The summed E-state index contributed by atoms with van der Waals surface area (Å²) >= 11 is 0. The van der Waals surface area contributed by atoms with Gasteiger partial charge in [0, 0.05) is 31.6 Å². The average molecular weight is 294 g/mol. The van der Waals surface area contributed by atoms with E-state index in [4.69, 9.17) is 4.74 Å². The maximum Gasteiger partial charge on any atom is 0.410 e. The standard InChI is InChI=1S/C16H26N2O3/c1-15(2,3)21-14(20)18-8-10-11(9-18)12(10)13(19)17(5)16(4)6-7-16/h10-12H,6-9H2,1-5H3. The molecule has 3 rings (SSSR count). The maximum absolute atomic E-state index is 12.5. The fourth-order valence-electron chi connectivity index (χ4n) is 3.37. The largest absolute Gasteiger partial charge is 0.444 e. The Labute approximate surface area is 126 Å². The second-order valence-electron chi connectivity index (χ2n) is 8.13. The number of carbonyl (C=O) groups excluding carboxylic acids is 2. The molecule has 0 N–H and O–H groups in total. The monoisotopic (exact) mass is 294 g/mol. The quantitative estimate of drug-likeness (QED) is 0.784. The van der Waals surface area contributed by atoms with E-state index in [2.05, 4.69) is 6.92 Å². The van der Waals surface area contributed by atoms with Crippen LogP contribution in [0.1, 0.15) is 40.5 Å². The van der Waals surface area contributed by atoms with Crippen LogP contribution in [0.15, 0.2) is 0 Å². The number of fused-ring (bicyclic) bond motifs is 1. The van der Waals surface area contributed by atoms with Crippen molar-refractivity contribution in [1.82, 2.24) is 9.80 Å². The number of amides is 2. The molecular formula is C16H26N2O3. The summed E-state index contributed by atoms with van der Waals surface area (Å²) in [4.78, 5) is 28.2. The van der Waals surface area contributed by atoms with Crippen LogP contribution in [0.25, 0.3) is 0 Å². The van der Waals surface area contributed by atoms with Gasteiger partial charge in [0.15, 0.2) is 0 Å². The van der Waals surface area contributed by atoms with Gasteiger partial charge in [0.05, 0.1) is 0 Å². The predicted octanol–water partition coefficient (Wildman–Crippen LogP) is 2.11. The molecule has 1 heterocycles. The first-order valence-electron chi connectivity index (χ1n) is 7.88. The van der Waals surface area contributed by atoms with E-state index in [1.807, 2.05) is 32.7 Å². The summed E-state index contributed by atoms with van der Waals surface area (Å²) in [5.74, 6) is 1.09. The molecule has 2 unspecified atom stereocenters. The third kappa shape index (κ3) is 2.62. The number of rotatable bonds is 2. The van der Waals surface area contributed by atoms with E-state index in [0.717, 1.165) is 12.8 Å². The van der Waals surface area contributed by atoms with E-state index in [0.29, 0.717) is 24.9 Å². The van der Waals surface area contributed by atoms with E-state index in [1.165, 1.54) is 0 Å². The first-order valence-corrected chi connectivity index (χ1v) is 7.88. The molecular weight excluding hydrogens is 268 g/mol. The summed E-state index contributed by atoms with van der Waals surface area (Å²) in [6.45, 7) is 9.11. The van der Waals surface area contributed by atoms with Crippen molar-refractivity contribution in [3.63, 3.8) is 0 Å². The Bertz CT molecular complexity index is 466. The summed E-state index contributed by atoms with van der Waals surface area (Å²) in [7, 11) is 1.93. The first kappa shape index (κ1) is 14.7. The minimum atomic E-state index is -0.458. The number of hydrogen-bond acceptors (Lipinski definition) is 3. The van der Waals surface area contributed by atoms with E-state index < -0.39 is 5.60 Å². The number of ether oxygens (including phenoxy) is 1. The van der Waals surface area contributed by atoms with Gasteiger partial charge < -0.3 is 14.5 Å². The van der Waals surface area contributed by atoms with Crippen molar-refractivity contribution in [2.45, 2.75) is 51.7 Å². The lowest BCUT2D eigenvalue weighted by Crippen LogP contribution is -2.41. The molecule has 2 amide bonds. The Morgan fingerprint density at radius 2 is 1.71 bits per heavy atom. The minimum Gasteiger partial charge on any atom is -0.444 e. The lowest BCUT2D eigenvalue weighted by Gasteiger charge is -2.28. The number of carbonyl (C=O) groups is 2. The fourth-order valence-corrected chi connectivity index (χ4v) is 3.37. The molecule has 0 bridgehead atoms. The van der Waals surface area contributed by atoms with Crippen LogP contribution >= 0.6 is 0 Å². The van der Waals surface area contributed by atoms with Crippen LogP contribution < -0.4 is 0 Å². The average Bonchev–Trinajstić information content (AvgIpc) is 3.22. The van der Waals surface area contributed by atoms with Crippen molar-refractivity contribution in [2.75, 3.05) is 20.1 Å². The van der Waals surface area contributed by atoms with Gasteiger partial charge >= 0.3 is 6.09 Å². The van der Waals surface area contributed by atoms with E-state index in [1.54, 1.807) is 4.90 Å². The van der Waals surface area contributed by atoms with Crippen molar-refractivity contribution in [1.29, 1.82) is 0 Å². The smallest absolute Gasteiger partial charge is 0.410 e. The van der Waals surface area contributed by atoms with Gasteiger partial charge in [-0.1, -0.05) is 0 Å². The van der Waals surface area contributed by atoms with Gasteiger partial charge in [-0.2, -0.15) is 0 Å². The summed E-state index contributed by atoms with van der Waals surface area (Å²) in [6, 6.07) is 0. The second-order valence-corrected chi connectivity index (χ2v) is 8.13. The van der Waals surface area contributed by atoms with Gasteiger partial charge in [-0.05, 0) is 52.4 Å². The molecule has 1 aliphatic heterocycles. The first-order chi connectivity index (χ1) is 9.62. The number of nitrogens with zero attached hydrogens (tertiary/aromatic N) is 2. The topological polar surface area (TPSA) is 49.9 Å². The van der Waals surface area contributed by atoms with Crippen molar-refractivity contribution >= 4 is 12.0 Å². The molecule has 0 aromatic carbocycles. The Balaban J connectivity index is 1.52. The van der Waals surface area contributed by atoms with E-state index in [9.17, 15) is 9.59 Å². The molecule has 0 aromatic rings. The van der Waals surface area contributed by atoms with E-state index >= 15 is 0 Å². The van der Waals surface area contributed by atoms with Crippen molar-refractivity contribution in [3.05, 3.63) is 0 Å². The van der Waals surface area contributed by atoms with Crippen molar-refractivity contribution in [3.8, 4) is 0 Å². The molecule has 2 saturated carbocycles. The maximum atomic E-state index is 12.5. The predicted molar refractivity (Wildman–Crippen MR) is 78.7 cm³/mol. The van der Waals surface area contributed by atoms with Crippen LogP contribution in [0.3, 0.4) is 0 Å². The van der Waals surface area contributed by atoms with Crippen molar-refractivity contribution < 1.29 is 14.3 Å². The van der Waals surface area contributed by atoms with Gasteiger partial charge in [0.2, 0.25) is 5.91 Å². The molecule has 2 atom stereocenters. The molecule has 0 radical (unpaired) electrons. The number of piperidine rings is 1. The molecule has 0 aromatic heterocycles. The van der Waals surface area contributed by atoms with Crippen molar-refractivity contribution in [2.24, 2.45) is 17.8 Å². The van der Waals surface area contributed by atoms with Crippen LogP contribution in [0.5, 0.6) is 0 Å². The highest BCUT2D eigenvalue weighted by atomic mass is 16.6. The Morgan fingerprint density at radius 1 is 1.19 bits per heavy atom. The van der Waals surface area contributed by atoms with Crippen LogP contribution in [-0.2, 0) is 9.53 Å². The van der Waals surface area contributed by atoms with Crippen LogP contribution in [-0.4, -0.2) is 53.1 Å². The Morgan fingerprint density at radius 3 is 2.14 bits per heavy atom. The summed E-state index contributed by atoms with van der Waals surface area (Å²) in [5, 5.41) is 0. The SMILES string of the molecule is CN(C(=O)C1C2CN(C(=O)OC(C)(C)C)CC21)C1(C)CC1. The zero-order valence-corrected chi connectivity index (χ0v) is 13.7. The lowest BCUT2D eigenvalue weighted by atomic mass is 10.2. The van der Waals surface area contributed by atoms with Gasteiger partial charge in [-0.25, -0.2) is 4.79 Å². The molecule has 3 fully saturated rings. The highest BCUT2D eigenvalue weighted by Crippen LogP contribution is 2.54. The molecule has 3 aliphatic rings. The Kier molecular flexibility index (Phi) is 3.05. The van der Waals surface area contributed by atoms with Gasteiger partial charge in [0.25, 0.3) is 0 Å². The second kappa shape index (κ2) is 4.37. The Hall–Kier alpha value is -1.26.